The van der Waals surface area contributed by atoms with Gasteiger partial charge in [-0.15, -0.1) is 0 Å². The van der Waals surface area contributed by atoms with Crippen LogP contribution in [0.1, 0.15) is 5.56 Å². The normalized spacial score (nSPS) is 10.6. The Labute approximate surface area is 92.7 Å². The van der Waals surface area contributed by atoms with Gasteiger partial charge in [-0.25, -0.2) is 9.37 Å². The van der Waals surface area contributed by atoms with E-state index >= 15 is 0 Å². The lowest BCUT2D eigenvalue weighted by atomic mass is 10.2. The van der Waals surface area contributed by atoms with Crippen LogP contribution >= 0.6 is 0 Å². The van der Waals surface area contributed by atoms with Gasteiger partial charge in [0.05, 0.1) is 6.21 Å². The first-order valence-electron chi connectivity index (χ1n) is 4.81. The lowest BCUT2D eigenvalue weighted by molar-refractivity contribution is 0.626. The zero-order chi connectivity index (χ0) is 11.2. The molecule has 0 aliphatic rings. The second kappa shape index (κ2) is 5.02. The van der Waals surface area contributed by atoms with Crippen LogP contribution < -0.4 is 5.43 Å². The van der Waals surface area contributed by atoms with Crippen LogP contribution in [-0.2, 0) is 0 Å². The van der Waals surface area contributed by atoms with Crippen molar-refractivity contribution in [3.05, 3.63) is 60.0 Å². The van der Waals surface area contributed by atoms with Crippen LogP contribution in [0.5, 0.6) is 0 Å². The van der Waals surface area contributed by atoms with E-state index in [4.69, 9.17) is 0 Å². The van der Waals surface area contributed by atoms with Crippen LogP contribution in [0.2, 0.25) is 0 Å². The standard InChI is InChI=1S/C12H10FN3/c13-11-6-2-1-5-10(11)9-15-16-12-7-3-4-8-14-12/h1-9H,(H,14,16)/b15-9-. The molecule has 0 aliphatic heterocycles. The third-order valence-electron chi connectivity index (χ3n) is 1.95. The average molecular weight is 215 g/mol. The van der Waals surface area contributed by atoms with Gasteiger partial charge in [-0.3, -0.25) is 5.43 Å². The number of hydrogen-bond acceptors (Lipinski definition) is 3. The molecular weight excluding hydrogens is 205 g/mol. The van der Waals surface area contributed by atoms with Gasteiger partial charge in [0, 0.05) is 11.8 Å². The highest BCUT2D eigenvalue weighted by atomic mass is 19.1. The van der Waals surface area contributed by atoms with Crippen molar-refractivity contribution in [2.45, 2.75) is 0 Å². The SMILES string of the molecule is Fc1ccccc1/C=N\Nc1ccccn1. The molecule has 0 bridgehead atoms. The number of halogens is 1. The average Bonchev–Trinajstić information content (AvgIpc) is 2.33. The molecule has 4 heteroatoms. The predicted octanol–water partition coefficient (Wildman–Crippen LogP) is 2.67. The predicted molar refractivity (Wildman–Crippen MR) is 61.9 cm³/mol. The third kappa shape index (κ3) is 2.63. The fourth-order valence-corrected chi connectivity index (χ4v) is 1.18. The fourth-order valence-electron chi connectivity index (χ4n) is 1.18. The molecule has 1 aromatic carbocycles. The van der Waals surface area contributed by atoms with Gasteiger partial charge in [-0.2, -0.15) is 5.10 Å². The summed E-state index contributed by atoms with van der Waals surface area (Å²) >= 11 is 0. The van der Waals surface area contributed by atoms with E-state index in [1.165, 1.54) is 12.3 Å². The number of benzene rings is 1. The summed E-state index contributed by atoms with van der Waals surface area (Å²) in [5, 5.41) is 3.90. The van der Waals surface area contributed by atoms with Crippen molar-refractivity contribution in [3.63, 3.8) is 0 Å². The van der Waals surface area contributed by atoms with Gasteiger partial charge in [-0.1, -0.05) is 24.3 Å². The van der Waals surface area contributed by atoms with E-state index in [0.717, 1.165) is 0 Å². The molecule has 1 aromatic heterocycles. The highest BCUT2D eigenvalue weighted by Gasteiger charge is 1.95. The Morgan fingerprint density at radius 2 is 1.94 bits per heavy atom. The Morgan fingerprint density at radius 1 is 1.12 bits per heavy atom. The molecule has 0 radical (unpaired) electrons. The lowest BCUT2D eigenvalue weighted by Gasteiger charge is -1.98. The number of hydrazone groups is 1. The number of nitrogens with zero attached hydrogens (tertiary/aromatic N) is 2. The molecule has 0 aliphatic carbocycles. The first-order chi connectivity index (χ1) is 7.86. The number of anilines is 1. The maximum absolute atomic E-state index is 13.2. The first-order valence-corrected chi connectivity index (χ1v) is 4.81. The number of aromatic nitrogens is 1. The van der Waals surface area contributed by atoms with Crippen LogP contribution in [0.4, 0.5) is 10.2 Å². The summed E-state index contributed by atoms with van der Waals surface area (Å²) in [7, 11) is 0. The van der Waals surface area contributed by atoms with Crippen molar-refractivity contribution in [2.24, 2.45) is 5.10 Å². The monoisotopic (exact) mass is 215 g/mol. The van der Waals surface area contributed by atoms with Gasteiger partial charge in [0.25, 0.3) is 0 Å². The number of rotatable bonds is 3. The summed E-state index contributed by atoms with van der Waals surface area (Å²) in [6, 6.07) is 11.9. The molecule has 2 aromatic rings. The van der Waals surface area contributed by atoms with Gasteiger partial charge in [-0.05, 0) is 18.2 Å². The quantitative estimate of drug-likeness (QED) is 0.631. The van der Waals surface area contributed by atoms with Crippen molar-refractivity contribution >= 4 is 12.0 Å². The van der Waals surface area contributed by atoms with E-state index in [1.54, 1.807) is 30.5 Å². The number of hydrogen-bond donors (Lipinski definition) is 1. The zero-order valence-corrected chi connectivity index (χ0v) is 8.47. The highest BCUT2D eigenvalue weighted by Crippen LogP contribution is 2.04. The van der Waals surface area contributed by atoms with E-state index in [0.29, 0.717) is 11.4 Å². The minimum absolute atomic E-state index is 0.297. The second-order valence-corrected chi connectivity index (χ2v) is 3.11. The Kier molecular flexibility index (Phi) is 3.23. The fraction of sp³-hybridized carbons (Fsp3) is 0. The van der Waals surface area contributed by atoms with Crippen LogP contribution in [0, 0.1) is 5.82 Å². The molecule has 0 fully saturated rings. The topological polar surface area (TPSA) is 37.3 Å². The molecule has 0 atom stereocenters. The molecular formula is C12H10FN3. The molecule has 3 nitrogen and oxygen atoms in total. The van der Waals surface area contributed by atoms with E-state index in [2.05, 4.69) is 15.5 Å². The minimum Gasteiger partial charge on any atom is -0.261 e. The summed E-state index contributed by atoms with van der Waals surface area (Å²) in [6.45, 7) is 0. The summed E-state index contributed by atoms with van der Waals surface area (Å²) in [5.74, 6) is 0.323. The van der Waals surface area contributed by atoms with Crippen LogP contribution in [-0.4, -0.2) is 11.2 Å². The molecule has 1 heterocycles. The smallest absolute Gasteiger partial charge is 0.146 e. The highest BCUT2D eigenvalue weighted by molar-refractivity contribution is 5.80. The molecule has 0 spiro atoms. The van der Waals surface area contributed by atoms with Gasteiger partial charge in [0.15, 0.2) is 0 Å². The Bertz CT molecular complexity index is 483. The number of pyridine rings is 1. The van der Waals surface area contributed by atoms with Gasteiger partial charge in [0.1, 0.15) is 11.6 Å². The molecule has 16 heavy (non-hydrogen) atoms. The maximum atomic E-state index is 13.2. The molecule has 1 N–H and O–H groups in total. The van der Waals surface area contributed by atoms with Gasteiger partial charge < -0.3 is 0 Å². The summed E-state index contributed by atoms with van der Waals surface area (Å²) in [6.07, 6.45) is 3.07. The maximum Gasteiger partial charge on any atom is 0.146 e. The van der Waals surface area contributed by atoms with Crippen LogP contribution in [0.15, 0.2) is 53.8 Å². The van der Waals surface area contributed by atoms with Crippen molar-refractivity contribution < 1.29 is 4.39 Å². The van der Waals surface area contributed by atoms with Crippen LogP contribution in [0.3, 0.4) is 0 Å². The van der Waals surface area contributed by atoms with Gasteiger partial charge in [0.2, 0.25) is 0 Å². The second-order valence-electron chi connectivity index (χ2n) is 3.11. The first kappa shape index (κ1) is 10.3. The van der Waals surface area contributed by atoms with Crippen LogP contribution in [0.25, 0.3) is 0 Å². The molecule has 0 saturated carbocycles. The van der Waals surface area contributed by atoms with E-state index in [1.807, 2.05) is 12.1 Å². The van der Waals surface area contributed by atoms with Gasteiger partial charge >= 0.3 is 0 Å². The van der Waals surface area contributed by atoms with Crippen molar-refractivity contribution in [1.82, 2.24) is 4.98 Å². The largest absolute Gasteiger partial charge is 0.261 e. The number of nitrogens with one attached hydrogen (secondary N) is 1. The third-order valence-corrected chi connectivity index (χ3v) is 1.95. The Hall–Kier alpha value is -2.23. The summed E-state index contributed by atoms with van der Waals surface area (Å²) < 4.78 is 13.2. The molecule has 0 amide bonds. The van der Waals surface area contributed by atoms with Crippen molar-refractivity contribution in [1.29, 1.82) is 0 Å². The van der Waals surface area contributed by atoms with E-state index < -0.39 is 0 Å². The Balaban J connectivity index is 2.03. The summed E-state index contributed by atoms with van der Waals surface area (Å²) in [4.78, 5) is 4.01. The summed E-state index contributed by atoms with van der Waals surface area (Å²) in [5.41, 5.74) is 3.15. The van der Waals surface area contributed by atoms with E-state index in [-0.39, 0.29) is 5.82 Å². The minimum atomic E-state index is -0.297. The Morgan fingerprint density at radius 3 is 2.69 bits per heavy atom. The molecule has 2 rings (SSSR count). The van der Waals surface area contributed by atoms with Crippen molar-refractivity contribution in [3.8, 4) is 0 Å². The molecule has 0 saturated heterocycles. The van der Waals surface area contributed by atoms with E-state index in [9.17, 15) is 4.39 Å². The zero-order valence-electron chi connectivity index (χ0n) is 8.47. The van der Waals surface area contributed by atoms with Crippen molar-refractivity contribution in [2.75, 3.05) is 5.43 Å². The lowest BCUT2D eigenvalue weighted by Crippen LogP contribution is -1.94. The molecule has 0 unspecified atom stereocenters. The molecule has 80 valence electrons.